The maximum absolute atomic E-state index is 11.9. The molecule has 0 radical (unpaired) electrons. The predicted molar refractivity (Wildman–Crippen MR) is 86.8 cm³/mol. The van der Waals surface area contributed by atoms with Crippen LogP contribution in [-0.2, 0) is 4.74 Å². The smallest absolute Gasteiger partial charge is 0.414 e. The number of anilines is 1. The second-order valence-electron chi connectivity index (χ2n) is 5.30. The number of carbonyl (C=O) groups excluding carboxylic acids is 1. The van der Waals surface area contributed by atoms with E-state index in [9.17, 15) is 4.79 Å². The van der Waals surface area contributed by atoms with Crippen molar-refractivity contribution < 1.29 is 9.53 Å². The van der Waals surface area contributed by atoms with Gasteiger partial charge in [0.25, 0.3) is 0 Å². The molecule has 3 rings (SSSR count). The Morgan fingerprint density at radius 3 is 2.95 bits per heavy atom. The summed E-state index contributed by atoms with van der Waals surface area (Å²) < 4.78 is 5.17. The molecule has 0 aromatic heterocycles. The molecule has 7 heteroatoms. The number of rotatable bonds is 4. The van der Waals surface area contributed by atoms with Gasteiger partial charge in [-0.3, -0.25) is 9.89 Å². The van der Waals surface area contributed by atoms with Crippen LogP contribution < -0.4 is 10.6 Å². The van der Waals surface area contributed by atoms with Crippen molar-refractivity contribution in [1.29, 1.82) is 0 Å². The summed E-state index contributed by atoms with van der Waals surface area (Å²) in [5.41, 5.74) is 7.17. The number of ether oxygens (including phenoxy) is 1. The van der Waals surface area contributed by atoms with Gasteiger partial charge in [-0.1, -0.05) is 11.6 Å². The molecule has 2 aliphatic rings. The zero-order valence-electron chi connectivity index (χ0n) is 12.5. The molecule has 1 fully saturated rings. The van der Waals surface area contributed by atoms with Gasteiger partial charge >= 0.3 is 6.09 Å². The zero-order valence-corrected chi connectivity index (χ0v) is 13.2. The summed E-state index contributed by atoms with van der Waals surface area (Å²) >= 11 is 6.42. The molecule has 1 saturated heterocycles. The first-order valence-corrected chi connectivity index (χ1v) is 7.79. The summed E-state index contributed by atoms with van der Waals surface area (Å²) in [7, 11) is 0. The first-order chi connectivity index (χ1) is 10.6. The zero-order chi connectivity index (χ0) is 15.7. The van der Waals surface area contributed by atoms with Gasteiger partial charge in [-0.05, 0) is 25.1 Å². The molecule has 0 aliphatic carbocycles. The monoisotopic (exact) mass is 322 g/mol. The van der Waals surface area contributed by atoms with Crippen molar-refractivity contribution >= 4 is 29.2 Å². The van der Waals surface area contributed by atoms with E-state index in [-0.39, 0.29) is 12.2 Å². The molecular weight excluding hydrogens is 304 g/mol. The minimum atomic E-state index is -0.382. The van der Waals surface area contributed by atoms with Crippen LogP contribution in [0.4, 0.5) is 10.5 Å². The summed E-state index contributed by atoms with van der Waals surface area (Å²) in [6.07, 6.45) is -0.645. The summed E-state index contributed by atoms with van der Waals surface area (Å²) in [4.78, 5) is 20.1. The number of nitrogens with two attached hydrogens (primary N) is 1. The molecule has 118 valence electrons. The minimum absolute atomic E-state index is 0.263. The Labute approximate surface area is 134 Å². The van der Waals surface area contributed by atoms with Crippen LogP contribution in [0.2, 0.25) is 5.02 Å². The van der Waals surface area contributed by atoms with E-state index in [2.05, 4.69) is 16.8 Å². The van der Waals surface area contributed by atoms with Crippen LogP contribution in [0.25, 0.3) is 0 Å². The Bertz CT molecular complexity index is 620. The molecule has 0 unspecified atom stereocenters. The van der Waals surface area contributed by atoms with Crippen LogP contribution in [0, 0.1) is 0 Å². The summed E-state index contributed by atoms with van der Waals surface area (Å²) in [5, 5.41) is 0.584. The highest BCUT2D eigenvalue weighted by atomic mass is 35.5. The quantitative estimate of drug-likeness (QED) is 0.916. The summed E-state index contributed by atoms with van der Waals surface area (Å²) in [6.45, 7) is 5.46. The van der Waals surface area contributed by atoms with Crippen LogP contribution in [-0.4, -0.2) is 55.7 Å². The minimum Gasteiger partial charge on any atom is -0.443 e. The third-order valence-corrected chi connectivity index (χ3v) is 4.27. The highest BCUT2D eigenvalue weighted by molar-refractivity contribution is 6.34. The van der Waals surface area contributed by atoms with Crippen LogP contribution in [0.3, 0.4) is 0 Å². The fourth-order valence-corrected chi connectivity index (χ4v) is 3.01. The topological polar surface area (TPSA) is 71.2 Å². The fourth-order valence-electron chi connectivity index (χ4n) is 2.75. The van der Waals surface area contributed by atoms with Gasteiger partial charge in [0.1, 0.15) is 11.9 Å². The van der Waals surface area contributed by atoms with Crippen molar-refractivity contribution in [2.24, 2.45) is 10.7 Å². The average molecular weight is 323 g/mol. The average Bonchev–Trinajstić information content (AvgIpc) is 3.13. The maximum Gasteiger partial charge on any atom is 0.414 e. The number of amidine groups is 1. The number of halogens is 1. The van der Waals surface area contributed by atoms with Gasteiger partial charge in [0, 0.05) is 30.9 Å². The number of hydrogen-bond donors (Lipinski definition) is 1. The molecule has 0 spiro atoms. The van der Waals surface area contributed by atoms with E-state index in [0.29, 0.717) is 18.1 Å². The molecule has 2 heterocycles. The number of nitrogens with zero attached hydrogens (tertiary/aromatic N) is 3. The Balaban J connectivity index is 1.85. The highest BCUT2D eigenvalue weighted by Crippen LogP contribution is 2.28. The lowest BCUT2D eigenvalue weighted by Crippen LogP contribution is -2.29. The number of amides is 1. The lowest BCUT2D eigenvalue weighted by molar-refractivity contribution is 0.145. The molecule has 2 N–H and O–H groups in total. The molecule has 1 atom stereocenters. The summed E-state index contributed by atoms with van der Waals surface area (Å²) in [5.74, 6) is 0.919. The van der Waals surface area contributed by atoms with Crippen molar-refractivity contribution in [2.45, 2.75) is 13.0 Å². The Hall–Kier alpha value is -1.79. The van der Waals surface area contributed by atoms with Crippen LogP contribution in [0.5, 0.6) is 0 Å². The number of hydrogen-bond acceptors (Lipinski definition) is 5. The van der Waals surface area contributed by atoms with E-state index in [1.807, 2.05) is 12.1 Å². The summed E-state index contributed by atoms with van der Waals surface area (Å²) in [6, 6.07) is 5.56. The molecule has 0 saturated carbocycles. The highest BCUT2D eigenvalue weighted by Gasteiger charge is 2.32. The predicted octanol–water partition coefficient (Wildman–Crippen LogP) is 1.71. The molecule has 2 aliphatic heterocycles. The molecule has 1 aromatic carbocycles. The van der Waals surface area contributed by atoms with Crippen LogP contribution in [0.1, 0.15) is 12.5 Å². The van der Waals surface area contributed by atoms with E-state index < -0.39 is 0 Å². The first kappa shape index (κ1) is 15.1. The number of aliphatic imine (C=N–C) groups is 1. The number of carbonyl (C=O) groups is 1. The van der Waals surface area contributed by atoms with E-state index in [1.165, 1.54) is 0 Å². The Morgan fingerprint density at radius 1 is 1.50 bits per heavy atom. The van der Waals surface area contributed by atoms with Gasteiger partial charge in [0.05, 0.1) is 18.1 Å². The number of cyclic esters (lactones) is 1. The SMILES string of the molecule is CCN1CCN=C1c1ccc(N2C[C@H](CN)OC2=O)cc1Cl. The van der Waals surface area contributed by atoms with Crippen molar-refractivity contribution in [3.8, 4) is 0 Å². The first-order valence-electron chi connectivity index (χ1n) is 7.41. The van der Waals surface area contributed by atoms with Gasteiger partial charge in [-0.2, -0.15) is 0 Å². The standard InChI is InChI=1S/C15H19ClN4O2/c1-2-19-6-5-18-14(19)12-4-3-10(7-13(12)16)20-9-11(8-17)22-15(20)21/h3-4,7,11H,2,5-6,8-9,17H2,1H3/t11-/m0/s1. The lowest BCUT2D eigenvalue weighted by atomic mass is 10.1. The number of benzene rings is 1. The third kappa shape index (κ3) is 2.64. The van der Waals surface area contributed by atoms with Gasteiger partial charge in [0.15, 0.2) is 0 Å². The fraction of sp³-hybridized carbons (Fsp3) is 0.467. The van der Waals surface area contributed by atoms with E-state index >= 15 is 0 Å². The van der Waals surface area contributed by atoms with Crippen molar-refractivity contribution in [1.82, 2.24) is 4.90 Å². The maximum atomic E-state index is 11.9. The molecular formula is C15H19ClN4O2. The van der Waals surface area contributed by atoms with Crippen LogP contribution >= 0.6 is 11.6 Å². The van der Waals surface area contributed by atoms with E-state index in [0.717, 1.165) is 36.7 Å². The van der Waals surface area contributed by atoms with Crippen molar-refractivity contribution in [2.75, 3.05) is 37.6 Å². The molecule has 22 heavy (non-hydrogen) atoms. The second kappa shape index (κ2) is 6.14. The van der Waals surface area contributed by atoms with Crippen molar-refractivity contribution in [3.05, 3.63) is 28.8 Å². The van der Waals surface area contributed by atoms with E-state index in [1.54, 1.807) is 11.0 Å². The molecule has 1 aromatic rings. The molecule has 0 bridgehead atoms. The van der Waals surface area contributed by atoms with Crippen molar-refractivity contribution in [3.63, 3.8) is 0 Å². The van der Waals surface area contributed by atoms with Gasteiger partial charge in [-0.25, -0.2) is 4.79 Å². The Kier molecular flexibility index (Phi) is 4.22. The molecule has 6 nitrogen and oxygen atoms in total. The third-order valence-electron chi connectivity index (χ3n) is 3.95. The number of likely N-dealkylation sites (N-methyl/N-ethyl adjacent to an activating group) is 1. The van der Waals surface area contributed by atoms with Gasteiger partial charge < -0.3 is 15.4 Å². The lowest BCUT2D eigenvalue weighted by Gasteiger charge is -2.20. The second-order valence-corrected chi connectivity index (χ2v) is 5.71. The Morgan fingerprint density at radius 2 is 2.32 bits per heavy atom. The van der Waals surface area contributed by atoms with Gasteiger partial charge in [-0.15, -0.1) is 0 Å². The molecule has 1 amide bonds. The van der Waals surface area contributed by atoms with Gasteiger partial charge in [0.2, 0.25) is 0 Å². The van der Waals surface area contributed by atoms with E-state index in [4.69, 9.17) is 22.1 Å². The van der Waals surface area contributed by atoms with Crippen LogP contribution in [0.15, 0.2) is 23.2 Å². The largest absolute Gasteiger partial charge is 0.443 e. The normalized spacial score (nSPS) is 21.3.